The van der Waals surface area contributed by atoms with Gasteiger partial charge in [-0.3, -0.25) is 4.99 Å². The molecule has 0 aromatic carbocycles. The Kier molecular flexibility index (Phi) is 4.38. The van der Waals surface area contributed by atoms with Crippen LogP contribution in [0.15, 0.2) is 4.99 Å². The molecule has 3 aliphatic rings. The van der Waals surface area contributed by atoms with Crippen molar-refractivity contribution >= 4 is 5.96 Å². The number of nitrogens with zero attached hydrogens (tertiary/aromatic N) is 1. The van der Waals surface area contributed by atoms with Crippen LogP contribution in [-0.2, 0) is 9.47 Å². The van der Waals surface area contributed by atoms with Crippen molar-refractivity contribution in [1.29, 1.82) is 0 Å². The molecular formula is C18H33N3O2. The third kappa shape index (κ3) is 2.66. The van der Waals surface area contributed by atoms with E-state index in [0.29, 0.717) is 30.2 Å². The van der Waals surface area contributed by atoms with E-state index in [2.05, 4.69) is 50.2 Å². The summed E-state index contributed by atoms with van der Waals surface area (Å²) in [6.45, 7) is 12.9. The van der Waals surface area contributed by atoms with E-state index in [4.69, 9.17) is 9.47 Å². The maximum absolute atomic E-state index is 5.90. The van der Waals surface area contributed by atoms with E-state index in [1.807, 2.05) is 0 Å². The Morgan fingerprint density at radius 2 is 1.96 bits per heavy atom. The molecule has 3 fully saturated rings. The topological polar surface area (TPSA) is 54.9 Å². The normalized spacial score (nSPS) is 40.8. The molecule has 0 radical (unpaired) electrons. The first-order chi connectivity index (χ1) is 10.8. The number of nitrogens with one attached hydrogen (secondary N) is 2. The predicted octanol–water partition coefficient (Wildman–Crippen LogP) is 2.17. The second kappa shape index (κ2) is 5.92. The average Bonchev–Trinajstić information content (AvgIpc) is 2.95. The molecule has 1 saturated heterocycles. The Morgan fingerprint density at radius 3 is 2.57 bits per heavy atom. The second-order valence-electron chi connectivity index (χ2n) is 8.49. The molecule has 23 heavy (non-hydrogen) atoms. The minimum absolute atomic E-state index is 0.138. The van der Waals surface area contributed by atoms with Crippen molar-refractivity contribution in [3.8, 4) is 0 Å². The minimum atomic E-state index is 0.138. The third-order valence-corrected chi connectivity index (χ3v) is 6.48. The summed E-state index contributed by atoms with van der Waals surface area (Å²) < 4.78 is 11.5. The Labute approximate surface area is 140 Å². The lowest BCUT2D eigenvalue weighted by Gasteiger charge is -2.56. The van der Waals surface area contributed by atoms with Gasteiger partial charge in [-0.05, 0) is 19.8 Å². The van der Waals surface area contributed by atoms with Crippen LogP contribution in [0.5, 0.6) is 0 Å². The average molecular weight is 323 g/mol. The van der Waals surface area contributed by atoms with Gasteiger partial charge in [-0.25, -0.2) is 0 Å². The predicted molar refractivity (Wildman–Crippen MR) is 92.6 cm³/mol. The molecule has 0 aromatic rings. The first-order valence-electron chi connectivity index (χ1n) is 9.04. The second-order valence-corrected chi connectivity index (χ2v) is 8.49. The van der Waals surface area contributed by atoms with Crippen molar-refractivity contribution in [3.05, 3.63) is 0 Å². The molecular weight excluding hydrogens is 290 g/mol. The van der Waals surface area contributed by atoms with Crippen LogP contribution in [-0.4, -0.2) is 50.5 Å². The summed E-state index contributed by atoms with van der Waals surface area (Å²) in [5.74, 6) is 1.57. The third-order valence-electron chi connectivity index (χ3n) is 6.48. The summed E-state index contributed by atoms with van der Waals surface area (Å²) in [7, 11) is 1.80. The SMILES string of the molecule is CCN=C(NC1CC(OC)C1(C)C)NC1C2CCOC2C1(C)C. The quantitative estimate of drug-likeness (QED) is 0.615. The van der Waals surface area contributed by atoms with Crippen molar-refractivity contribution in [2.45, 2.75) is 71.8 Å². The largest absolute Gasteiger partial charge is 0.381 e. The molecule has 2 N–H and O–H groups in total. The zero-order valence-electron chi connectivity index (χ0n) is 15.5. The van der Waals surface area contributed by atoms with Gasteiger partial charge in [-0.2, -0.15) is 0 Å². The van der Waals surface area contributed by atoms with Gasteiger partial charge in [0.2, 0.25) is 0 Å². The zero-order chi connectivity index (χ0) is 16.8. The number of methoxy groups -OCH3 is 1. The van der Waals surface area contributed by atoms with Crippen LogP contribution in [0.25, 0.3) is 0 Å². The van der Waals surface area contributed by atoms with E-state index in [1.54, 1.807) is 7.11 Å². The standard InChI is InChI=1S/C18H33N3O2/c1-7-19-16(20-12-10-13(22-6)17(12,2)3)21-14-11-8-9-23-15(11)18(14,4)5/h11-15H,7-10H2,1-6H3,(H2,19,20,21). The maximum atomic E-state index is 5.90. The number of aliphatic imine (C=N–C) groups is 1. The van der Waals surface area contributed by atoms with E-state index in [1.165, 1.54) is 0 Å². The lowest BCUT2D eigenvalue weighted by molar-refractivity contribution is -0.108. The Bertz CT molecular complexity index is 475. The molecule has 0 bridgehead atoms. The van der Waals surface area contributed by atoms with Crippen LogP contribution in [0.1, 0.15) is 47.5 Å². The summed E-state index contributed by atoms with van der Waals surface area (Å²) >= 11 is 0. The maximum Gasteiger partial charge on any atom is 0.191 e. The highest BCUT2D eigenvalue weighted by Crippen LogP contribution is 2.52. The van der Waals surface area contributed by atoms with Crippen LogP contribution < -0.4 is 10.6 Å². The van der Waals surface area contributed by atoms with Crippen LogP contribution in [0.4, 0.5) is 0 Å². The molecule has 5 atom stereocenters. The van der Waals surface area contributed by atoms with Crippen molar-refractivity contribution in [2.24, 2.45) is 21.7 Å². The summed E-state index contributed by atoms with van der Waals surface area (Å²) in [4.78, 5) is 4.68. The van der Waals surface area contributed by atoms with Gasteiger partial charge >= 0.3 is 0 Å². The van der Waals surface area contributed by atoms with E-state index < -0.39 is 0 Å². The van der Waals surface area contributed by atoms with Gasteiger partial charge in [0.1, 0.15) is 0 Å². The number of hydrogen-bond donors (Lipinski definition) is 2. The molecule has 0 amide bonds. The van der Waals surface area contributed by atoms with E-state index in [-0.39, 0.29) is 10.8 Å². The number of ether oxygens (including phenoxy) is 2. The number of hydrogen-bond acceptors (Lipinski definition) is 3. The highest BCUT2D eigenvalue weighted by molar-refractivity contribution is 5.81. The molecule has 0 aromatic heterocycles. The number of rotatable bonds is 4. The fraction of sp³-hybridized carbons (Fsp3) is 0.944. The van der Waals surface area contributed by atoms with Crippen molar-refractivity contribution in [1.82, 2.24) is 10.6 Å². The molecule has 5 unspecified atom stereocenters. The lowest BCUT2D eigenvalue weighted by atomic mass is 9.57. The molecule has 1 aliphatic heterocycles. The summed E-state index contributed by atoms with van der Waals surface area (Å²) in [5.41, 5.74) is 0.306. The van der Waals surface area contributed by atoms with Gasteiger partial charge in [0.05, 0.1) is 12.2 Å². The van der Waals surface area contributed by atoms with Crippen molar-refractivity contribution in [2.75, 3.05) is 20.3 Å². The van der Waals surface area contributed by atoms with Gasteiger partial charge in [-0.1, -0.05) is 27.7 Å². The smallest absolute Gasteiger partial charge is 0.191 e. The first kappa shape index (κ1) is 17.0. The summed E-state index contributed by atoms with van der Waals surface area (Å²) in [5, 5.41) is 7.35. The molecule has 1 heterocycles. The van der Waals surface area contributed by atoms with Crippen LogP contribution >= 0.6 is 0 Å². The molecule has 0 spiro atoms. The fourth-order valence-corrected chi connectivity index (χ4v) is 4.75. The van der Waals surface area contributed by atoms with Gasteiger partial charge in [0.15, 0.2) is 5.96 Å². The highest BCUT2D eigenvalue weighted by Gasteiger charge is 2.60. The Hall–Kier alpha value is -0.810. The van der Waals surface area contributed by atoms with Crippen molar-refractivity contribution in [3.63, 3.8) is 0 Å². The number of fused-ring (bicyclic) bond motifs is 1. The molecule has 2 saturated carbocycles. The number of guanidine groups is 1. The fourth-order valence-electron chi connectivity index (χ4n) is 4.75. The molecule has 2 aliphatic carbocycles. The highest BCUT2D eigenvalue weighted by atomic mass is 16.5. The molecule has 132 valence electrons. The van der Waals surface area contributed by atoms with Gasteiger partial charge < -0.3 is 20.1 Å². The Morgan fingerprint density at radius 1 is 1.22 bits per heavy atom. The van der Waals surface area contributed by atoms with Crippen LogP contribution in [0.2, 0.25) is 0 Å². The lowest BCUT2D eigenvalue weighted by Crippen LogP contribution is -2.70. The Balaban J connectivity index is 1.64. The van der Waals surface area contributed by atoms with Gasteiger partial charge in [0.25, 0.3) is 0 Å². The van der Waals surface area contributed by atoms with E-state index >= 15 is 0 Å². The van der Waals surface area contributed by atoms with Gasteiger partial charge in [0, 0.05) is 49.1 Å². The van der Waals surface area contributed by atoms with Crippen LogP contribution in [0.3, 0.4) is 0 Å². The first-order valence-corrected chi connectivity index (χ1v) is 9.04. The summed E-state index contributed by atoms with van der Waals surface area (Å²) in [6, 6.07) is 0.846. The molecule has 3 rings (SSSR count). The monoisotopic (exact) mass is 323 g/mol. The zero-order valence-corrected chi connectivity index (χ0v) is 15.5. The van der Waals surface area contributed by atoms with E-state index in [9.17, 15) is 0 Å². The molecule has 5 nitrogen and oxygen atoms in total. The molecule has 5 heteroatoms. The van der Waals surface area contributed by atoms with Crippen molar-refractivity contribution < 1.29 is 9.47 Å². The van der Waals surface area contributed by atoms with Crippen LogP contribution in [0, 0.1) is 16.7 Å². The van der Waals surface area contributed by atoms with E-state index in [0.717, 1.165) is 32.0 Å². The van der Waals surface area contributed by atoms with Gasteiger partial charge in [-0.15, -0.1) is 0 Å². The summed E-state index contributed by atoms with van der Waals surface area (Å²) in [6.07, 6.45) is 2.93. The minimum Gasteiger partial charge on any atom is -0.381 e.